The number of hydrogen-bond donors (Lipinski definition) is 0. The number of benzene rings is 1. The van der Waals surface area contributed by atoms with Gasteiger partial charge in [-0.1, -0.05) is 44.0 Å². The first-order valence-electron chi connectivity index (χ1n) is 4.92. The highest BCUT2D eigenvalue weighted by Gasteiger charge is 2.34. The Balaban J connectivity index is 0.00000106. The highest BCUT2D eigenvalue weighted by Crippen LogP contribution is 2.38. The zero-order chi connectivity index (χ0) is 12.9. The Hall–Kier alpha value is -0.410. The first-order valence-corrected chi connectivity index (χ1v) is 5.67. The fraction of sp³-hybridized carbons (Fsp3) is 0.455. The lowest BCUT2D eigenvalue weighted by Crippen LogP contribution is -2.07. The minimum Gasteiger partial charge on any atom is -0.166 e. The molecule has 1 rings (SSSR count). The number of halogens is 5. The van der Waals surface area contributed by atoms with Crippen molar-refractivity contribution >= 4 is 23.2 Å². The predicted molar refractivity (Wildman–Crippen MR) is 62.2 cm³/mol. The maximum atomic E-state index is 12.4. The van der Waals surface area contributed by atoms with Gasteiger partial charge in [-0.25, -0.2) is 0 Å². The van der Waals surface area contributed by atoms with Gasteiger partial charge in [-0.15, -0.1) is 0 Å². The van der Waals surface area contributed by atoms with E-state index in [-0.39, 0.29) is 10.0 Å². The monoisotopic (exact) mass is 272 g/mol. The van der Waals surface area contributed by atoms with E-state index in [1.165, 1.54) is 6.07 Å². The molecule has 16 heavy (non-hydrogen) atoms. The first kappa shape index (κ1) is 15.6. The van der Waals surface area contributed by atoms with Crippen molar-refractivity contribution < 1.29 is 13.2 Å². The van der Waals surface area contributed by atoms with Gasteiger partial charge in [-0.05, 0) is 24.1 Å². The van der Waals surface area contributed by atoms with E-state index >= 15 is 0 Å². The second kappa shape index (κ2) is 6.36. The van der Waals surface area contributed by atoms with Crippen LogP contribution in [0.1, 0.15) is 31.9 Å². The van der Waals surface area contributed by atoms with Gasteiger partial charge >= 0.3 is 6.18 Å². The van der Waals surface area contributed by atoms with E-state index in [4.69, 9.17) is 23.2 Å². The molecule has 0 saturated carbocycles. The van der Waals surface area contributed by atoms with Gasteiger partial charge in [0, 0.05) is 5.02 Å². The van der Waals surface area contributed by atoms with Crippen molar-refractivity contribution in [2.24, 2.45) is 0 Å². The van der Waals surface area contributed by atoms with E-state index < -0.39 is 11.7 Å². The van der Waals surface area contributed by atoms with Crippen LogP contribution in [0, 0.1) is 0 Å². The van der Waals surface area contributed by atoms with Crippen molar-refractivity contribution in [3.05, 3.63) is 33.3 Å². The summed E-state index contributed by atoms with van der Waals surface area (Å²) in [5.41, 5.74) is -0.497. The normalized spacial score (nSPS) is 10.8. The molecule has 0 amide bonds. The average Bonchev–Trinajstić information content (AvgIpc) is 2.19. The lowest BCUT2D eigenvalue weighted by Gasteiger charge is -2.12. The van der Waals surface area contributed by atoms with Gasteiger partial charge in [-0.3, -0.25) is 0 Å². The molecule has 0 aliphatic heterocycles. The standard InChI is InChI=1S/C9H7Cl2F3.C2H6/c1-2-5-7(10)4-3-6(8(5)11)9(12,13)14;1-2/h3-4H,2H2,1H3;1-2H3. The summed E-state index contributed by atoms with van der Waals surface area (Å²) in [6.45, 7) is 5.70. The molecule has 5 heteroatoms. The van der Waals surface area contributed by atoms with Crippen LogP contribution in [0.2, 0.25) is 10.0 Å². The van der Waals surface area contributed by atoms with Crippen molar-refractivity contribution in [1.29, 1.82) is 0 Å². The van der Waals surface area contributed by atoms with Crippen molar-refractivity contribution in [2.75, 3.05) is 0 Å². The molecule has 0 aliphatic carbocycles. The molecule has 0 unspecified atom stereocenters. The van der Waals surface area contributed by atoms with E-state index in [0.717, 1.165) is 6.07 Å². The van der Waals surface area contributed by atoms with Crippen LogP contribution in [0.4, 0.5) is 13.2 Å². The minimum absolute atomic E-state index is 0.269. The molecule has 0 nitrogen and oxygen atoms in total. The molecule has 0 atom stereocenters. The van der Waals surface area contributed by atoms with Crippen LogP contribution in [0.5, 0.6) is 0 Å². The Bertz CT molecular complexity index is 346. The zero-order valence-electron chi connectivity index (χ0n) is 9.25. The Morgan fingerprint density at radius 3 is 2.00 bits per heavy atom. The third-order valence-electron chi connectivity index (χ3n) is 1.84. The van der Waals surface area contributed by atoms with E-state index in [2.05, 4.69) is 0 Å². The van der Waals surface area contributed by atoms with Crippen LogP contribution < -0.4 is 0 Å². The maximum Gasteiger partial charge on any atom is 0.417 e. The molecular formula is C11H13Cl2F3. The molecule has 0 spiro atoms. The fourth-order valence-electron chi connectivity index (χ4n) is 1.14. The van der Waals surface area contributed by atoms with Gasteiger partial charge in [0.15, 0.2) is 0 Å². The van der Waals surface area contributed by atoms with E-state index in [9.17, 15) is 13.2 Å². The number of rotatable bonds is 1. The van der Waals surface area contributed by atoms with E-state index in [1.807, 2.05) is 13.8 Å². The predicted octanol–water partition coefficient (Wildman–Crippen LogP) is 5.60. The van der Waals surface area contributed by atoms with Crippen molar-refractivity contribution in [3.63, 3.8) is 0 Å². The summed E-state index contributed by atoms with van der Waals surface area (Å²) in [7, 11) is 0. The third-order valence-corrected chi connectivity index (χ3v) is 2.63. The van der Waals surface area contributed by atoms with Gasteiger partial charge < -0.3 is 0 Å². The van der Waals surface area contributed by atoms with Crippen molar-refractivity contribution in [3.8, 4) is 0 Å². The highest BCUT2D eigenvalue weighted by atomic mass is 35.5. The molecule has 0 aromatic heterocycles. The van der Waals surface area contributed by atoms with Gasteiger partial charge in [-0.2, -0.15) is 13.2 Å². The molecule has 1 aromatic carbocycles. The summed E-state index contributed by atoms with van der Waals surface area (Å²) < 4.78 is 37.1. The van der Waals surface area contributed by atoms with Crippen LogP contribution in [-0.2, 0) is 12.6 Å². The van der Waals surface area contributed by atoms with Crippen molar-refractivity contribution in [2.45, 2.75) is 33.4 Å². The Morgan fingerprint density at radius 2 is 1.62 bits per heavy atom. The topological polar surface area (TPSA) is 0 Å². The molecular weight excluding hydrogens is 260 g/mol. The van der Waals surface area contributed by atoms with Gasteiger partial charge in [0.2, 0.25) is 0 Å². The molecule has 92 valence electrons. The largest absolute Gasteiger partial charge is 0.417 e. The first-order chi connectivity index (χ1) is 7.38. The van der Waals surface area contributed by atoms with Crippen LogP contribution in [0.25, 0.3) is 0 Å². The Kier molecular flexibility index (Phi) is 6.19. The van der Waals surface area contributed by atoms with Gasteiger partial charge in [0.1, 0.15) is 0 Å². The molecule has 0 N–H and O–H groups in total. The van der Waals surface area contributed by atoms with Gasteiger partial charge in [0.25, 0.3) is 0 Å². The molecule has 0 heterocycles. The Labute approximate surface area is 103 Å². The molecule has 0 radical (unpaired) electrons. The van der Waals surface area contributed by atoms with Crippen LogP contribution in [0.3, 0.4) is 0 Å². The second-order valence-electron chi connectivity index (χ2n) is 2.74. The lowest BCUT2D eigenvalue weighted by molar-refractivity contribution is -0.137. The van der Waals surface area contributed by atoms with Crippen LogP contribution in [0.15, 0.2) is 12.1 Å². The maximum absolute atomic E-state index is 12.4. The number of hydrogen-bond acceptors (Lipinski definition) is 0. The summed E-state index contributed by atoms with van der Waals surface area (Å²) in [4.78, 5) is 0. The SMILES string of the molecule is CC.CCc1c(Cl)ccc(C(F)(F)F)c1Cl. The average molecular weight is 273 g/mol. The van der Waals surface area contributed by atoms with Crippen LogP contribution >= 0.6 is 23.2 Å². The lowest BCUT2D eigenvalue weighted by atomic mass is 10.1. The molecule has 0 saturated heterocycles. The summed E-state index contributed by atoms with van der Waals surface area (Å²) in [5.74, 6) is 0. The van der Waals surface area contributed by atoms with Crippen LogP contribution in [-0.4, -0.2) is 0 Å². The van der Waals surface area contributed by atoms with Crippen molar-refractivity contribution in [1.82, 2.24) is 0 Å². The summed E-state index contributed by atoms with van der Waals surface area (Å²) >= 11 is 11.3. The minimum atomic E-state index is -4.43. The van der Waals surface area contributed by atoms with E-state index in [1.54, 1.807) is 6.92 Å². The number of alkyl halides is 3. The summed E-state index contributed by atoms with van der Waals surface area (Å²) in [6, 6.07) is 2.11. The fourth-order valence-corrected chi connectivity index (χ4v) is 1.89. The molecule has 0 aliphatic rings. The zero-order valence-corrected chi connectivity index (χ0v) is 10.8. The molecule has 0 bridgehead atoms. The Morgan fingerprint density at radius 1 is 1.12 bits per heavy atom. The molecule has 0 fully saturated rings. The summed E-state index contributed by atoms with van der Waals surface area (Å²) in [5, 5.41) is -0.0296. The second-order valence-corrected chi connectivity index (χ2v) is 3.52. The quantitative estimate of drug-likeness (QED) is 0.624. The highest BCUT2D eigenvalue weighted by molar-refractivity contribution is 6.36. The smallest absolute Gasteiger partial charge is 0.166 e. The van der Waals surface area contributed by atoms with E-state index in [0.29, 0.717) is 12.0 Å². The molecule has 1 aromatic rings. The third kappa shape index (κ3) is 3.56. The summed E-state index contributed by atoms with van der Waals surface area (Å²) in [6.07, 6.45) is -4.05. The van der Waals surface area contributed by atoms with Gasteiger partial charge in [0.05, 0.1) is 10.6 Å².